The molecule has 0 unspecified atom stereocenters. The fourth-order valence-corrected chi connectivity index (χ4v) is 1.29. The largest absolute Gasteiger partial charge is 0.573 e. The first-order chi connectivity index (χ1) is 8.78. The lowest BCUT2D eigenvalue weighted by atomic mass is 10.1. The van der Waals surface area contributed by atoms with E-state index in [0.29, 0.717) is 6.07 Å². The Balaban J connectivity index is 3.34. The first kappa shape index (κ1) is 14.6. The standard InChI is InChI=1S/C11H8F3NO4/c1-2-18-10(17)7-3-6(16)4-9(8(7)5-15)19-11(12,13)14/h3-4,16H,2H2,1H3. The third-order valence-corrected chi connectivity index (χ3v) is 1.92. The molecule has 1 rings (SSSR count). The van der Waals surface area contributed by atoms with Crippen molar-refractivity contribution in [3.05, 3.63) is 23.3 Å². The van der Waals surface area contributed by atoms with Gasteiger partial charge in [-0.15, -0.1) is 13.2 Å². The molecule has 0 aliphatic carbocycles. The fraction of sp³-hybridized carbons (Fsp3) is 0.273. The summed E-state index contributed by atoms with van der Waals surface area (Å²) in [5.41, 5.74) is -1.16. The average molecular weight is 275 g/mol. The van der Waals surface area contributed by atoms with E-state index in [-0.39, 0.29) is 6.61 Å². The predicted molar refractivity (Wildman–Crippen MR) is 55.5 cm³/mol. The second-order valence-corrected chi connectivity index (χ2v) is 3.25. The summed E-state index contributed by atoms with van der Waals surface area (Å²) in [6.07, 6.45) is -5.05. The first-order valence-corrected chi connectivity index (χ1v) is 4.98. The van der Waals surface area contributed by atoms with Gasteiger partial charge in [0.1, 0.15) is 17.4 Å². The van der Waals surface area contributed by atoms with Crippen LogP contribution in [0.5, 0.6) is 11.5 Å². The van der Waals surface area contributed by atoms with Crippen LogP contribution in [0.3, 0.4) is 0 Å². The fourth-order valence-electron chi connectivity index (χ4n) is 1.29. The van der Waals surface area contributed by atoms with Crippen molar-refractivity contribution in [2.45, 2.75) is 13.3 Å². The summed E-state index contributed by atoms with van der Waals surface area (Å²) in [7, 11) is 0. The summed E-state index contributed by atoms with van der Waals surface area (Å²) in [5, 5.41) is 18.1. The molecule has 1 aromatic rings. The van der Waals surface area contributed by atoms with Crippen LogP contribution in [0, 0.1) is 11.3 Å². The molecule has 0 aromatic heterocycles. The molecular weight excluding hydrogens is 267 g/mol. The Morgan fingerprint density at radius 1 is 1.47 bits per heavy atom. The minimum Gasteiger partial charge on any atom is -0.508 e. The molecule has 102 valence electrons. The second-order valence-electron chi connectivity index (χ2n) is 3.25. The normalized spacial score (nSPS) is 10.7. The molecule has 0 atom stereocenters. The Labute approximate surface area is 105 Å². The molecule has 0 saturated carbocycles. The molecule has 0 radical (unpaired) electrons. The van der Waals surface area contributed by atoms with Gasteiger partial charge in [0.2, 0.25) is 0 Å². The number of carbonyl (C=O) groups excluding carboxylic acids is 1. The highest BCUT2D eigenvalue weighted by Gasteiger charge is 2.33. The number of carbonyl (C=O) groups is 1. The van der Waals surface area contributed by atoms with E-state index in [4.69, 9.17) is 5.26 Å². The first-order valence-electron chi connectivity index (χ1n) is 4.98. The van der Waals surface area contributed by atoms with Crippen molar-refractivity contribution < 1.29 is 32.5 Å². The van der Waals surface area contributed by atoms with Crippen molar-refractivity contribution in [2.24, 2.45) is 0 Å². The van der Waals surface area contributed by atoms with Gasteiger partial charge >= 0.3 is 12.3 Å². The number of esters is 1. The molecule has 0 fully saturated rings. The number of aromatic hydroxyl groups is 1. The molecule has 19 heavy (non-hydrogen) atoms. The molecule has 0 aliphatic heterocycles. The number of phenols is 1. The topological polar surface area (TPSA) is 79.6 Å². The maximum absolute atomic E-state index is 12.1. The van der Waals surface area contributed by atoms with Gasteiger partial charge in [0.05, 0.1) is 12.2 Å². The molecule has 0 saturated heterocycles. The van der Waals surface area contributed by atoms with Crippen molar-refractivity contribution >= 4 is 5.97 Å². The third kappa shape index (κ3) is 3.77. The summed E-state index contributed by atoms with van der Waals surface area (Å²) >= 11 is 0. The summed E-state index contributed by atoms with van der Waals surface area (Å²) in [5.74, 6) is -2.64. The van der Waals surface area contributed by atoms with E-state index in [0.717, 1.165) is 6.07 Å². The number of hydrogen-bond acceptors (Lipinski definition) is 5. The quantitative estimate of drug-likeness (QED) is 0.856. The van der Waals surface area contributed by atoms with Crippen LogP contribution in [-0.4, -0.2) is 24.0 Å². The molecule has 0 aliphatic rings. The van der Waals surface area contributed by atoms with Gasteiger partial charge in [0.25, 0.3) is 0 Å². The number of benzene rings is 1. The summed E-state index contributed by atoms with van der Waals surface area (Å²) in [4.78, 5) is 11.5. The molecule has 8 heteroatoms. The van der Waals surface area contributed by atoms with Crippen LogP contribution in [0.4, 0.5) is 13.2 Å². The number of nitrogens with zero attached hydrogens (tertiary/aromatic N) is 1. The Morgan fingerprint density at radius 3 is 2.58 bits per heavy atom. The van der Waals surface area contributed by atoms with Gasteiger partial charge in [-0.1, -0.05) is 0 Å². The zero-order valence-corrected chi connectivity index (χ0v) is 9.61. The number of hydrogen-bond donors (Lipinski definition) is 1. The number of rotatable bonds is 3. The van der Waals surface area contributed by atoms with E-state index in [2.05, 4.69) is 9.47 Å². The lowest BCUT2D eigenvalue weighted by Gasteiger charge is -2.12. The van der Waals surface area contributed by atoms with Crippen molar-refractivity contribution in [3.8, 4) is 17.6 Å². The van der Waals surface area contributed by atoms with E-state index in [1.54, 1.807) is 0 Å². The van der Waals surface area contributed by atoms with Crippen molar-refractivity contribution in [1.29, 1.82) is 5.26 Å². The Hall–Kier alpha value is -2.43. The van der Waals surface area contributed by atoms with Gasteiger partial charge in [0.15, 0.2) is 5.75 Å². The summed E-state index contributed by atoms with van der Waals surface area (Å²) in [6.45, 7) is 1.45. The lowest BCUT2D eigenvalue weighted by Crippen LogP contribution is -2.19. The number of phenolic OH excluding ortho intramolecular Hbond substituents is 1. The van der Waals surface area contributed by atoms with Crippen LogP contribution < -0.4 is 4.74 Å². The second kappa shape index (κ2) is 5.48. The summed E-state index contributed by atoms with van der Waals surface area (Å²) in [6, 6.07) is 2.84. The van der Waals surface area contributed by atoms with Crippen LogP contribution in [0.2, 0.25) is 0 Å². The maximum atomic E-state index is 12.1. The van der Waals surface area contributed by atoms with Gasteiger partial charge in [-0.3, -0.25) is 0 Å². The van der Waals surface area contributed by atoms with Crippen LogP contribution >= 0.6 is 0 Å². The van der Waals surface area contributed by atoms with Crippen LogP contribution in [0.25, 0.3) is 0 Å². The molecule has 1 aromatic carbocycles. The van der Waals surface area contributed by atoms with Crippen molar-refractivity contribution in [1.82, 2.24) is 0 Å². The van der Waals surface area contributed by atoms with Gasteiger partial charge in [-0.2, -0.15) is 5.26 Å². The highest BCUT2D eigenvalue weighted by Crippen LogP contribution is 2.32. The minimum atomic E-state index is -5.05. The molecule has 0 bridgehead atoms. The Bertz CT molecular complexity index is 534. The molecule has 0 spiro atoms. The lowest BCUT2D eigenvalue weighted by molar-refractivity contribution is -0.274. The van der Waals surface area contributed by atoms with Gasteiger partial charge in [-0.05, 0) is 13.0 Å². The molecule has 5 nitrogen and oxygen atoms in total. The average Bonchev–Trinajstić information content (AvgIpc) is 2.26. The number of alkyl halides is 3. The molecule has 1 N–H and O–H groups in total. The zero-order chi connectivity index (χ0) is 14.6. The molecule has 0 heterocycles. The van der Waals surface area contributed by atoms with Crippen LogP contribution in [0.15, 0.2) is 12.1 Å². The molecule has 0 amide bonds. The highest BCUT2D eigenvalue weighted by molar-refractivity contribution is 5.93. The molecular formula is C11H8F3NO4. The third-order valence-electron chi connectivity index (χ3n) is 1.92. The Kier molecular flexibility index (Phi) is 4.22. The van der Waals surface area contributed by atoms with Gasteiger partial charge < -0.3 is 14.6 Å². The van der Waals surface area contributed by atoms with E-state index >= 15 is 0 Å². The minimum absolute atomic E-state index is 0.0329. The number of nitriles is 1. The van der Waals surface area contributed by atoms with E-state index in [1.807, 2.05) is 0 Å². The van der Waals surface area contributed by atoms with E-state index < -0.39 is 35.0 Å². The summed E-state index contributed by atoms with van der Waals surface area (Å²) < 4.78 is 44.6. The SMILES string of the molecule is CCOC(=O)c1cc(O)cc(OC(F)(F)F)c1C#N. The number of halogens is 3. The van der Waals surface area contributed by atoms with E-state index in [9.17, 15) is 23.1 Å². The predicted octanol–water partition coefficient (Wildman–Crippen LogP) is 2.34. The van der Waals surface area contributed by atoms with Crippen molar-refractivity contribution in [2.75, 3.05) is 6.61 Å². The van der Waals surface area contributed by atoms with Crippen LogP contribution in [0.1, 0.15) is 22.8 Å². The monoisotopic (exact) mass is 275 g/mol. The van der Waals surface area contributed by atoms with Gasteiger partial charge in [0, 0.05) is 6.07 Å². The van der Waals surface area contributed by atoms with E-state index in [1.165, 1.54) is 13.0 Å². The van der Waals surface area contributed by atoms with Gasteiger partial charge in [-0.25, -0.2) is 4.79 Å². The maximum Gasteiger partial charge on any atom is 0.573 e. The number of ether oxygens (including phenoxy) is 2. The smallest absolute Gasteiger partial charge is 0.508 e. The van der Waals surface area contributed by atoms with Crippen LogP contribution in [-0.2, 0) is 4.74 Å². The Morgan fingerprint density at radius 2 is 2.11 bits per heavy atom. The zero-order valence-electron chi connectivity index (χ0n) is 9.61. The highest BCUT2D eigenvalue weighted by atomic mass is 19.4. The van der Waals surface area contributed by atoms with Crippen molar-refractivity contribution in [3.63, 3.8) is 0 Å².